The molecule has 1 heterocycles. The monoisotopic (exact) mass is 329 g/mol. The van der Waals surface area contributed by atoms with Crippen molar-refractivity contribution in [1.29, 1.82) is 5.26 Å². The number of nitrogens with zero attached hydrogens (tertiary/aromatic N) is 2. The highest BCUT2D eigenvalue weighted by molar-refractivity contribution is 5.78. The van der Waals surface area contributed by atoms with E-state index in [2.05, 4.69) is 18.3 Å². The van der Waals surface area contributed by atoms with Crippen LogP contribution in [-0.2, 0) is 11.3 Å². The van der Waals surface area contributed by atoms with Crippen molar-refractivity contribution in [2.45, 2.75) is 39.8 Å². The zero-order chi connectivity index (χ0) is 17.7. The summed E-state index contributed by atoms with van der Waals surface area (Å²) in [4.78, 5) is 14.1. The van der Waals surface area contributed by atoms with Gasteiger partial charge in [-0.3, -0.25) is 4.79 Å². The van der Waals surface area contributed by atoms with Gasteiger partial charge >= 0.3 is 0 Å². The number of carbonyl (C=O) groups is 1. The number of likely N-dealkylation sites (tertiary alicyclic amines) is 1. The number of nitriles is 1. The Kier molecular flexibility index (Phi) is 6.22. The summed E-state index contributed by atoms with van der Waals surface area (Å²) in [6.07, 6.45) is 0.959. The molecule has 0 radical (unpaired) electrons. The van der Waals surface area contributed by atoms with E-state index in [9.17, 15) is 10.1 Å². The van der Waals surface area contributed by atoms with Gasteiger partial charge in [-0.25, -0.2) is 0 Å². The molecule has 1 aliphatic rings. The Morgan fingerprint density at radius 1 is 1.50 bits per heavy atom. The van der Waals surface area contributed by atoms with E-state index in [1.54, 1.807) is 7.11 Å². The van der Waals surface area contributed by atoms with Crippen LogP contribution in [0.5, 0.6) is 5.75 Å². The highest BCUT2D eigenvalue weighted by atomic mass is 16.5. The fraction of sp³-hybridized carbons (Fsp3) is 0.579. The fourth-order valence-electron chi connectivity index (χ4n) is 3.22. The van der Waals surface area contributed by atoms with Crippen molar-refractivity contribution in [3.05, 3.63) is 29.3 Å². The van der Waals surface area contributed by atoms with Gasteiger partial charge in [0.05, 0.1) is 12.7 Å². The maximum Gasteiger partial charge on any atom is 0.225 e. The van der Waals surface area contributed by atoms with Crippen LogP contribution in [0.15, 0.2) is 18.2 Å². The van der Waals surface area contributed by atoms with Crippen molar-refractivity contribution in [3.63, 3.8) is 0 Å². The minimum absolute atomic E-state index is 0.0606. The highest BCUT2D eigenvalue weighted by Crippen LogP contribution is 2.21. The van der Waals surface area contributed by atoms with Crippen molar-refractivity contribution in [2.24, 2.45) is 11.8 Å². The standard InChI is InChI=1S/C19H27N3O2/c1-13(2)19(23)22-8-7-17(14(3)12-22)21-11-15-5-6-18(24-4)16(9-15)10-20/h5-6,9,13-14,17,21H,7-8,11-12H2,1-4H3/t14-,17-/m0/s1. The van der Waals surface area contributed by atoms with Crippen molar-refractivity contribution >= 4 is 5.91 Å². The largest absolute Gasteiger partial charge is 0.495 e. The number of methoxy groups -OCH3 is 1. The quantitative estimate of drug-likeness (QED) is 0.901. The van der Waals surface area contributed by atoms with Crippen LogP contribution in [0.1, 0.15) is 38.3 Å². The van der Waals surface area contributed by atoms with Gasteiger partial charge in [0.2, 0.25) is 5.91 Å². The van der Waals surface area contributed by atoms with E-state index in [4.69, 9.17) is 4.74 Å². The molecule has 2 atom stereocenters. The average molecular weight is 329 g/mol. The number of hydrogen-bond acceptors (Lipinski definition) is 4. The van der Waals surface area contributed by atoms with Crippen LogP contribution in [0, 0.1) is 23.2 Å². The van der Waals surface area contributed by atoms with E-state index in [1.165, 1.54) is 0 Å². The van der Waals surface area contributed by atoms with Crippen LogP contribution in [-0.4, -0.2) is 37.0 Å². The fourth-order valence-corrected chi connectivity index (χ4v) is 3.22. The van der Waals surface area contributed by atoms with Gasteiger partial charge in [0.1, 0.15) is 11.8 Å². The number of ether oxygens (including phenoxy) is 1. The number of carbonyl (C=O) groups excluding carboxylic acids is 1. The van der Waals surface area contributed by atoms with Gasteiger partial charge < -0.3 is 15.0 Å². The second-order valence-electron chi connectivity index (χ2n) is 6.84. The summed E-state index contributed by atoms with van der Waals surface area (Å²) in [5.41, 5.74) is 1.63. The van der Waals surface area contributed by atoms with Gasteiger partial charge in [-0.1, -0.05) is 26.8 Å². The molecule has 1 aromatic rings. The second kappa shape index (κ2) is 8.16. The Morgan fingerprint density at radius 2 is 2.25 bits per heavy atom. The Labute approximate surface area is 144 Å². The van der Waals surface area contributed by atoms with Crippen LogP contribution in [0.4, 0.5) is 0 Å². The Bertz CT molecular complexity index is 622. The molecular formula is C19H27N3O2. The van der Waals surface area contributed by atoms with Crippen molar-refractivity contribution in [3.8, 4) is 11.8 Å². The summed E-state index contributed by atoms with van der Waals surface area (Å²) in [5.74, 6) is 1.32. The molecular weight excluding hydrogens is 302 g/mol. The van der Waals surface area contributed by atoms with E-state index in [1.807, 2.05) is 36.9 Å². The van der Waals surface area contributed by atoms with Crippen LogP contribution >= 0.6 is 0 Å². The van der Waals surface area contributed by atoms with Crippen molar-refractivity contribution < 1.29 is 9.53 Å². The summed E-state index contributed by atoms with van der Waals surface area (Å²) < 4.78 is 5.18. The molecule has 0 unspecified atom stereocenters. The number of benzene rings is 1. The van der Waals surface area contributed by atoms with Gasteiger partial charge in [0.15, 0.2) is 0 Å². The molecule has 24 heavy (non-hydrogen) atoms. The molecule has 0 bridgehead atoms. The Morgan fingerprint density at radius 3 is 2.83 bits per heavy atom. The van der Waals surface area contributed by atoms with Gasteiger partial charge in [-0.05, 0) is 30.0 Å². The van der Waals surface area contributed by atoms with Gasteiger partial charge in [-0.2, -0.15) is 5.26 Å². The second-order valence-corrected chi connectivity index (χ2v) is 6.84. The Balaban J connectivity index is 1.92. The van der Waals surface area contributed by atoms with E-state index in [0.717, 1.165) is 25.1 Å². The lowest BCUT2D eigenvalue weighted by molar-refractivity contribution is -0.136. The number of nitrogens with one attached hydrogen (secondary N) is 1. The molecule has 5 nitrogen and oxygen atoms in total. The van der Waals surface area contributed by atoms with E-state index >= 15 is 0 Å². The van der Waals surface area contributed by atoms with Crippen LogP contribution in [0.2, 0.25) is 0 Å². The van der Waals surface area contributed by atoms with E-state index in [-0.39, 0.29) is 11.8 Å². The topological polar surface area (TPSA) is 65.4 Å². The molecule has 1 N–H and O–H groups in total. The first-order chi connectivity index (χ1) is 11.5. The summed E-state index contributed by atoms with van der Waals surface area (Å²) in [7, 11) is 1.57. The maximum absolute atomic E-state index is 12.1. The zero-order valence-electron chi connectivity index (χ0n) is 15.0. The van der Waals surface area contributed by atoms with E-state index < -0.39 is 0 Å². The third kappa shape index (κ3) is 4.27. The summed E-state index contributed by atoms with van der Waals surface area (Å²) in [5, 5.41) is 12.7. The maximum atomic E-state index is 12.1. The first-order valence-electron chi connectivity index (χ1n) is 8.55. The lowest BCUT2D eigenvalue weighted by Crippen LogP contribution is -2.50. The summed E-state index contributed by atoms with van der Waals surface area (Å²) >= 11 is 0. The third-order valence-electron chi connectivity index (χ3n) is 4.66. The average Bonchev–Trinajstić information content (AvgIpc) is 2.59. The molecule has 1 fully saturated rings. The number of amides is 1. The molecule has 0 aromatic heterocycles. The molecule has 1 saturated heterocycles. The molecule has 130 valence electrons. The number of hydrogen-bond donors (Lipinski definition) is 1. The predicted octanol–water partition coefficient (Wildman–Crippen LogP) is 2.55. The molecule has 5 heteroatoms. The first kappa shape index (κ1) is 18.3. The molecule has 0 spiro atoms. The number of rotatable bonds is 5. The van der Waals surface area contributed by atoms with Crippen LogP contribution in [0.3, 0.4) is 0 Å². The molecule has 1 amide bonds. The highest BCUT2D eigenvalue weighted by Gasteiger charge is 2.29. The van der Waals surface area contributed by atoms with Crippen molar-refractivity contribution in [1.82, 2.24) is 10.2 Å². The SMILES string of the molecule is COc1ccc(CN[C@H]2CCN(C(=O)C(C)C)C[C@@H]2C)cc1C#N. The van der Waals surface area contributed by atoms with Gasteiger partial charge in [0.25, 0.3) is 0 Å². The van der Waals surface area contributed by atoms with Gasteiger partial charge in [-0.15, -0.1) is 0 Å². The Hall–Kier alpha value is -2.06. The lowest BCUT2D eigenvalue weighted by Gasteiger charge is -2.38. The molecule has 0 aliphatic carbocycles. The predicted molar refractivity (Wildman–Crippen MR) is 93.5 cm³/mol. The zero-order valence-corrected chi connectivity index (χ0v) is 15.0. The molecule has 1 aliphatic heterocycles. The molecule has 0 saturated carbocycles. The van der Waals surface area contributed by atoms with Crippen molar-refractivity contribution in [2.75, 3.05) is 20.2 Å². The minimum atomic E-state index is 0.0606. The van der Waals surface area contributed by atoms with Crippen LogP contribution in [0.25, 0.3) is 0 Å². The van der Waals surface area contributed by atoms with E-state index in [0.29, 0.717) is 29.8 Å². The minimum Gasteiger partial charge on any atom is -0.495 e. The molecule has 2 rings (SSSR count). The van der Waals surface area contributed by atoms with Crippen LogP contribution < -0.4 is 10.1 Å². The number of piperidine rings is 1. The normalized spacial score (nSPS) is 20.8. The first-order valence-corrected chi connectivity index (χ1v) is 8.55. The molecule has 1 aromatic carbocycles. The summed E-state index contributed by atoms with van der Waals surface area (Å²) in [6, 6.07) is 8.23. The smallest absolute Gasteiger partial charge is 0.225 e. The summed E-state index contributed by atoms with van der Waals surface area (Å²) in [6.45, 7) is 8.42. The van der Waals surface area contributed by atoms with Gasteiger partial charge in [0, 0.05) is 31.6 Å². The third-order valence-corrected chi connectivity index (χ3v) is 4.66. The lowest BCUT2D eigenvalue weighted by atomic mass is 9.92.